The predicted molar refractivity (Wildman–Crippen MR) is 116 cm³/mol. The van der Waals surface area contributed by atoms with Gasteiger partial charge in [-0.3, -0.25) is 4.79 Å². The fourth-order valence-corrected chi connectivity index (χ4v) is 4.34. The van der Waals surface area contributed by atoms with Crippen LogP contribution in [0, 0.1) is 6.92 Å². The van der Waals surface area contributed by atoms with E-state index in [1.165, 1.54) is 31.4 Å². The number of sulfonamides is 1. The fourth-order valence-electron chi connectivity index (χ4n) is 2.93. The van der Waals surface area contributed by atoms with E-state index in [1.807, 2.05) is 6.92 Å². The van der Waals surface area contributed by atoms with Crippen molar-refractivity contribution in [1.29, 1.82) is 0 Å². The molecular formula is C23H23NO5S. The number of nitrogens with zero attached hydrogens (tertiary/aromatic N) is 1. The van der Waals surface area contributed by atoms with Crippen LogP contribution in [-0.2, 0) is 10.0 Å². The van der Waals surface area contributed by atoms with E-state index >= 15 is 0 Å². The van der Waals surface area contributed by atoms with Crippen molar-refractivity contribution in [2.24, 2.45) is 0 Å². The van der Waals surface area contributed by atoms with Crippen LogP contribution in [0.25, 0.3) is 0 Å². The molecule has 156 valence electrons. The van der Waals surface area contributed by atoms with Gasteiger partial charge in [0.05, 0.1) is 29.9 Å². The molecule has 7 heteroatoms. The number of hydrogen-bond acceptors (Lipinski definition) is 5. The number of para-hydroxylation sites is 1. The van der Waals surface area contributed by atoms with Crippen LogP contribution in [0.15, 0.2) is 77.7 Å². The Labute approximate surface area is 176 Å². The number of methoxy groups -OCH3 is 1. The highest BCUT2D eigenvalue weighted by Crippen LogP contribution is 2.30. The molecule has 0 heterocycles. The number of carbonyl (C=O) groups excluding carboxylic acids is 1. The Kier molecular flexibility index (Phi) is 6.42. The summed E-state index contributed by atoms with van der Waals surface area (Å²) >= 11 is 0. The Morgan fingerprint density at radius 3 is 2.17 bits per heavy atom. The maximum absolute atomic E-state index is 13.5. The van der Waals surface area contributed by atoms with Gasteiger partial charge in [0.1, 0.15) is 11.5 Å². The van der Waals surface area contributed by atoms with Gasteiger partial charge in [-0.25, -0.2) is 8.42 Å². The average Bonchev–Trinajstić information content (AvgIpc) is 2.75. The van der Waals surface area contributed by atoms with Crippen molar-refractivity contribution in [3.05, 3.63) is 83.9 Å². The lowest BCUT2D eigenvalue weighted by molar-refractivity contribution is 0.100. The summed E-state index contributed by atoms with van der Waals surface area (Å²) in [6, 6.07) is 19.2. The van der Waals surface area contributed by atoms with Crippen LogP contribution in [0.5, 0.6) is 11.5 Å². The van der Waals surface area contributed by atoms with Crippen molar-refractivity contribution in [3.63, 3.8) is 0 Å². The van der Waals surface area contributed by atoms with Crippen molar-refractivity contribution < 1.29 is 22.7 Å². The Morgan fingerprint density at radius 2 is 1.57 bits per heavy atom. The molecule has 3 aromatic carbocycles. The second-order valence-electron chi connectivity index (χ2n) is 6.51. The number of aryl methyl sites for hydroxylation is 1. The van der Waals surface area contributed by atoms with Gasteiger partial charge in [0.15, 0.2) is 0 Å². The molecule has 0 aliphatic heterocycles. The summed E-state index contributed by atoms with van der Waals surface area (Å²) in [6.45, 7) is 4.00. The lowest BCUT2D eigenvalue weighted by Crippen LogP contribution is -2.37. The van der Waals surface area contributed by atoms with Crippen molar-refractivity contribution in [2.45, 2.75) is 18.7 Å². The van der Waals surface area contributed by atoms with Gasteiger partial charge < -0.3 is 9.47 Å². The number of carbonyl (C=O) groups is 1. The van der Waals surface area contributed by atoms with E-state index in [4.69, 9.17) is 9.47 Å². The molecule has 0 unspecified atom stereocenters. The van der Waals surface area contributed by atoms with Crippen molar-refractivity contribution in [2.75, 3.05) is 18.0 Å². The number of hydrogen-bond donors (Lipinski definition) is 0. The van der Waals surface area contributed by atoms with E-state index in [-0.39, 0.29) is 16.1 Å². The van der Waals surface area contributed by atoms with Gasteiger partial charge in [-0.1, -0.05) is 29.8 Å². The van der Waals surface area contributed by atoms with E-state index in [1.54, 1.807) is 55.5 Å². The van der Waals surface area contributed by atoms with Gasteiger partial charge in [0.25, 0.3) is 15.9 Å². The molecule has 0 aliphatic rings. The minimum atomic E-state index is -4.18. The van der Waals surface area contributed by atoms with E-state index < -0.39 is 15.9 Å². The summed E-state index contributed by atoms with van der Waals surface area (Å²) < 4.78 is 38.5. The molecular weight excluding hydrogens is 402 g/mol. The zero-order valence-corrected chi connectivity index (χ0v) is 17.8. The summed E-state index contributed by atoms with van der Waals surface area (Å²) in [5, 5.41) is 0. The molecule has 3 aromatic rings. The van der Waals surface area contributed by atoms with Crippen molar-refractivity contribution in [1.82, 2.24) is 0 Å². The van der Waals surface area contributed by atoms with Gasteiger partial charge in [-0.2, -0.15) is 4.31 Å². The van der Waals surface area contributed by atoms with Crippen LogP contribution >= 0.6 is 0 Å². The van der Waals surface area contributed by atoms with Gasteiger partial charge in [0.2, 0.25) is 0 Å². The van der Waals surface area contributed by atoms with Crippen LogP contribution in [0.1, 0.15) is 22.8 Å². The first kappa shape index (κ1) is 21.4. The van der Waals surface area contributed by atoms with Gasteiger partial charge >= 0.3 is 0 Å². The molecule has 0 saturated carbocycles. The molecule has 30 heavy (non-hydrogen) atoms. The lowest BCUT2D eigenvalue weighted by atomic mass is 10.2. The normalized spacial score (nSPS) is 11.0. The zero-order valence-electron chi connectivity index (χ0n) is 17.0. The fraction of sp³-hybridized carbons (Fsp3) is 0.174. The molecule has 0 saturated heterocycles. The lowest BCUT2D eigenvalue weighted by Gasteiger charge is -2.24. The van der Waals surface area contributed by atoms with E-state index in [0.29, 0.717) is 18.1 Å². The molecule has 3 rings (SSSR count). The molecule has 0 N–H and O–H groups in total. The highest BCUT2D eigenvalue weighted by molar-refractivity contribution is 7.93. The smallest absolute Gasteiger partial charge is 0.276 e. The van der Waals surface area contributed by atoms with E-state index in [9.17, 15) is 13.2 Å². The monoisotopic (exact) mass is 425 g/mol. The minimum absolute atomic E-state index is 0.0196. The third-order valence-corrected chi connectivity index (χ3v) is 6.19. The SMILES string of the molecule is CCOc1ccccc1C(=O)N(c1ccc(OC)cc1)S(=O)(=O)c1ccc(C)cc1. The Morgan fingerprint density at radius 1 is 0.933 bits per heavy atom. The molecule has 0 bridgehead atoms. The Bertz CT molecular complexity index is 1120. The second-order valence-corrected chi connectivity index (χ2v) is 8.30. The standard InChI is InChI=1S/C23H23NO5S/c1-4-29-22-8-6-5-7-21(22)23(25)24(18-11-13-19(28-3)14-12-18)30(26,27)20-15-9-17(2)10-16-20/h5-16H,4H2,1-3H3. The molecule has 0 aliphatic carbocycles. The molecule has 0 spiro atoms. The second kappa shape index (κ2) is 9.00. The van der Waals surface area contributed by atoms with Gasteiger partial charge in [-0.15, -0.1) is 0 Å². The highest BCUT2D eigenvalue weighted by Gasteiger charge is 2.33. The maximum atomic E-state index is 13.5. The predicted octanol–water partition coefficient (Wildman–Crippen LogP) is 4.44. The minimum Gasteiger partial charge on any atom is -0.497 e. The largest absolute Gasteiger partial charge is 0.497 e. The van der Waals surface area contributed by atoms with Crippen LogP contribution in [0.2, 0.25) is 0 Å². The average molecular weight is 426 g/mol. The van der Waals surface area contributed by atoms with Crippen LogP contribution in [0.3, 0.4) is 0 Å². The van der Waals surface area contributed by atoms with Crippen molar-refractivity contribution >= 4 is 21.6 Å². The summed E-state index contributed by atoms with van der Waals surface area (Å²) in [4.78, 5) is 13.5. The number of benzene rings is 3. The summed E-state index contributed by atoms with van der Waals surface area (Å²) in [5.74, 6) is 0.168. The third-order valence-electron chi connectivity index (χ3n) is 4.47. The zero-order chi connectivity index (χ0) is 21.7. The molecule has 1 amide bonds. The van der Waals surface area contributed by atoms with Crippen LogP contribution in [0.4, 0.5) is 5.69 Å². The first-order valence-corrected chi connectivity index (χ1v) is 10.8. The first-order valence-electron chi connectivity index (χ1n) is 9.40. The quantitative estimate of drug-likeness (QED) is 0.560. The summed E-state index contributed by atoms with van der Waals surface area (Å²) in [6.07, 6.45) is 0. The van der Waals surface area contributed by atoms with E-state index in [0.717, 1.165) is 9.87 Å². The Hall–Kier alpha value is -3.32. The Balaban J connectivity index is 2.17. The third kappa shape index (κ3) is 4.31. The number of amides is 1. The maximum Gasteiger partial charge on any atom is 0.276 e. The van der Waals surface area contributed by atoms with Gasteiger partial charge in [0, 0.05) is 0 Å². The summed E-state index contributed by atoms with van der Waals surface area (Å²) in [7, 11) is -2.67. The topological polar surface area (TPSA) is 72.9 Å². The van der Waals surface area contributed by atoms with E-state index in [2.05, 4.69) is 0 Å². The number of ether oxygens (including phenoxy) is 2. The first-order chi connectivity index (χ1) is 14.4. The van der Waals surface area contributed by atoms with Crippen LogP contribution in [-0.4, -0.2) is 28.0 Å². The van der Waals surface area contributed by atoms with Crippen molar-refractivity contribution in [3.8, 4) is 11.5 Å². The summed E-state index contributed by atoms with van der Waals surface area (Å²) in [5.41, 5.74) is 1.27. The molecule has 0 atom stereocenters. The molecule has 6 nitrogen and oxygen atoms in total. The number of anilines is 1. The highest BCUT2D eigenvalue weighted by atomic mass is 32.2. The molecule has 0 aromatic heterocycles. The molecule has 0 fully saturated rings. The molecule has 0 radical (unpaired) electrons. The number of rotatable bonds is 7. The van der Waals surface area contributed by atoms with Crippen LogP contribution < -0.4 is 13.8 Å². The van der Waals surface area contributed by atoms with Gasteiger partial charge in [-0.05, 0) is 62.4 Å².